The number of fused-ring (bicyclic) bond motifs is 1. The minimum Gasteiger partial charge on any atom is -0.0848 e. The second kappa shape index (κ2) is 2.90. The highest BCUT2D eigenvalue weighted by atomic mass is 14.6. The molecule has 0 aliphatic heterocycles. The van der Waals surface area contributed by atoms with Crippen molar-refractivity contribution in [1.82, 2.24) is 0 Å². The van der Waals surface area contributed by atoms with Crippen LogP contribution in [0.1, 0.15) is 33.6 Å². The van der Waals surface area contributed by atoms with E-state index in [1.54, 1.807) is 0 Å². The van der Waals surface area contributed by atoms with Crippen LogP contribution in [-0.2, 0) is 0 Å². The fraction of sp³-hybridized carbons (Fsp3) is 0.833. The van der Waals surface area contributed by atoms with Gasteiger partial charge in [0.15, 0.2) is 0 Å². The summed E-state index contributed by atoms with van der Waals surface area (Å²) in [5, 5.41) is 0. The average molecular weight is 164 g/mol. The predicted molar refractivity (Wildman–Crippen MR) is 52.8 cm³/mol. The van der Waals surface area contributed by atoms with Crippen LogP contribution in [0.25, 0.3) is 0 Å². The van der Waals surface area contributed by atoms with Crippen molar-refractivity contribution in [3.63, 3.8) is 0 Å². The van der Waals surface area contributed by atoms with Crippen LogP contribution in [0, 0.1) is 29.6 Å². The molecule has 1 fully saturated rings. The maximum Gasteiger partial charge on any atom is -0.0171 e. The maximum absolute atomic E-state index is 2.48. The van der Waals surface area contributed by atoms with Gasteiger partial charge in [0, 0.05) is 0 Å². The number of rotatable bonds is 2. The largest absolute Gasteiger partial charge is 0.0848 e. The summed E-state index contributed by atoms with van der Waals surface area (Å²) in [6, 6.07) is 0. The number of hydrogen-bond acceptors (Lipinski definition) is 0. The molecule has 68 valence electrons. The quantitative estimate of drug-likeness (QED) is 0.548. The van der Waals surface area contributed by atoms with Crippen LogP contribution in [0.4, 0.5) is 0 Å². The van der Waals surface area contributed by atoms with Crippen molar-refractivity contribution < 1.29 is 0 Å². The van der Waals surface area contributed by atoms with Crippen LogP contribution >= 0.6 is 0 Å². The van der Waals surface area contributed by atoms with Crippen LogP contribution in [0.2, 0.25) is 0 Å². The molecule has 0 heterocycles. The SMILES string of the molecule is CCCC1C=CC2C(C)C2C1C. The van der Waals surface area contributed by atoms with E-state index in [0.717, 1.165) is 29.6 Å². The Labute approximate surface area is 76.1 Å². The van der Waals surface area contributed by atoms with Gasteiger partial charge in [-0.2, -0.15) is 0 Å². The van der Waals surface area contributed by atoms with E-state index in [-0.39, 0.29) is 0 Å². The Kier molecular flexibility index (Phi) is 2.02. The summed E-state index contributed by atoms with van der Waals surface area (Å²) in [6.07, 6.45) is 7.70. The van der Waals surface area contributed by atoms with Gasteiger partial charge in [-0.3, -0.25) is 0 Å². The van der Waals surface area contributed by atoms with Crippen molar-refractivity contribution >= 4 is 0 Å². The Bertz CT molecular complexity index is 192. The van der Waals surface area contributed by atoms with E-state index in [0.29, 0.717) is 0 Å². The average Bonchev–Trinajstić information content (AvgIpc) is 2.70. The lowest BCUT2D eigenvalue weighted by Gasteiger charge is -2.23. The van der Waals surface area contributed by atoms with Crippen LogP contribution in [-0.4, -0.2) is 0 Å². The zero-order chi connectivity index (χ0) is 8.72. The van der Waals surface area contributed by atoms with Crippen molar-refractivity contribution in [3.05, 3.63) is 12.2 Å². The normalized spacial score (nSPS) is 50.4. The topological polar surface area (TPSA) is 0 Å². The van der Waals surface area contributed by atoms with Gasteiger partial charge in [0.05, 0.1) is 0 Å². The summed E-state index contributed by atoms with van der Waals surface area (Å²) >= 11 is 0. The van der Waals surface area contributed by atoms with Gasteiger partial charge in [0.25, 0.3) is 0 Å². The lowest BCUT2D eigenvalue weighted by molar-refractivity contribution is 0.331. The molecule has 1 saturated carbocycles. The van der Waals surface area contributed by atoms with Crippen molar-refractivity contribution in [2.24, 2.45) is 29.6 Å². The summed E-state index contributed by atoms with van der Waals surface area (Å²) in [5.74, 6) is 4.81. The molecule has 2 aliphatic carbocycles. The highest BCUT2D eigenvalue weighted by Gasteiger charge is 2.51. The first-order valence-corrected chi connectivity index (χ1v) is 5.44. The summed E-state index contributed by atoms with van der Waals surface area (Å²) < 4.78 is 0. The third-order valence-electron chi connectivity index (χ3n) is 4.00. The summed E-state index contributed by atoms with van der Waals surface area (Å²) in [7, 11) is 0. The standard InChI is InChI=1S/C12H20/c1-4-5-10-6-7-11-9(3)12(11)8(10)2/h6-12H,4-5H2,1-3H3. The summed E-state index contributed by atoms with van der Waals surface area (Å²) in [6.45, 7) is 7.15. The minimum atomic E-state index is 0.890. The van der Waals surface area contributed by atoms with E-state index in [4.69, 9.17) is 0 Å². The van der Waals surface area contributed by atoms with Crippen LogP contribution < -0.4 is 0 Å². The molecule has 5 unspecified atom stereocenters. The highest BCUT2D eigenvalue weighted by molar-refractivity contribution is 5.15. The lowest BCUT2D eigenvalue weighted by atomic mass is 9.82. The van der Waals surface area contributed by atoms with Gasteiger partial charge in [0.2, 0.25) is 0 Å². The Morgan fingerprint density at radius 2 is 1.83 bits per heavy atom. The van der Waals surface area contributed by atoms with Gasteiger partial charge in [-0.1, -0.05) is 39.3 Å². The zero-order valence-corrected chi connectivity index (χ0v) is 8.46. The molecule has 0 amide bonds. The predicted octanol–water partition coefficient (Wildman–Crippen LogP) is 3.49. The fourth-order valence-electron chi connectivity index (χ4n) is 3.08. The van der Waals surface area contributed by atoms with Crippen molar-refractivity contribution in [2.45, 2.75) is 33.6 Å². The molecule has 12 heavy (non-hydrogen) atoms. The van der Waals surface area contributed by atoms with Crippen molar-refractivity contribution in [1.29, 1.82) is 0 Å². The van der Waals surface area contributed by atoms with Gasteiger partial charge in [-0.05, 0) is 36.0 Å². The van der Waals surface area contributed by atoms with Crippen LogP contribution in [0.3, 0.4) is 0 Å². The lowest BCUT2D eigenvalue weighted by Crippen LogP contribution is -2.15. The Morgan fingerprint density at radius 3 is 2.50 bits per heavy atom. The van der Waals surface area contributed by atoms with Gasteiger partial charge in [0.1, 0.15) is 0 Å². The second-order valence-corrected chi connectivity index (χ2v) is 4.71. The zero-order valence-electron chi connectivity index (χ0n) is 8.46. The van der Waals surface area contributed by atoms with Crippen LogP contribution in [0.15, 0.2) is 12.2 Å². The van der Waals surface area contributed by atoms with E-state index in [1.807, 2.05) is 0 Å². The van der Waals surface area contributed by atoms with E-state index in [9.17, 15) is 0 Å². The smallest absolute Gasteiger partial charge is 0.0171 e. The summed E-state index contributed by atoms with van der Waals surface area (Å²) in [5.41, 5.74) is 0. The Morgan fingerprint density at radius 1 is 1.08 bits per heavy atom. The van der Waals surface area contributed by atoms with Crippen molar-refractivity contribution in [2.75, 3.05) is 0 Å². The van der Waals surface area contributed by atoms with Gasteiger partial charge in [-0.25, -0.2) is 0 Å². The molecule has 0 saturated heterocycles. The molecule has 0 N–H and O–H groups in total. The third kappa shape index (κ3) is 1.12. The van der Waals surface area contributed by atoms with Gasteiger partial charge < -0.3 is 0 Å². The first-order chi connectivity index (χ1) is 5.75. The van der Waals surface area contributed by atoms with E-state index < -0.39 is 0 Å². The fourth-order valence-corrected chi connectivity index (χ4v) is 3.08. The first-order valence-electron chi connectivity index (χ1n) is 5.44. The molecule has 0 radical (unpaired) electrons. The molecule has 2 rings (SSSR count). The molecule has 0 aromatic heterocycles. The molecular formula is C12H20. The molecule has 2 aliphatic rings. The number of hydrogen-bond donors (Lipinski definition) is 0. The van der Waals surface area contributed by atoms with E-state index >= 15 is 0 Å². The van der Waals surface area contributed by atoms with E-state index in [2.05, 4.69) is 32.9 Å². The Balaban J connectivity index is 2.02. The number of allylic oxidation sites excluding steroid dienone is 2. The highest BCUT2D eigenvalue weighted by Crippen LogP contribution is 2.56. The molecule has 0 spiro atoms. The third-order valence-corrected chi connectivity index (χ3v) is 4.00. The molecule has 0 aromatic carbocycles. The molecule has 0 heteroatoms. The van der Waals surface area contributed by atoms with E-state index in [1.165, 1.54) is 12.8 Å². The first kappa shape index (κ1) is 8.34. The molecule has 0 nitrogen and oxygen atoms in total. The van der Waals surface area contributed by atoms with Crippen LogP contribution in [0.5, 0.6) is 0 Å². The molecule has 5 atom stereocenters. The van der Waals surface area contributed by atoms with Crippen molar-refractivity contribution in [3.8, 4) is 0 Å². The van der Waals surface area contributed by atoms with Gasteiger partial charge in [-0.15, -0.1) is 0 Å². The second-order valence-electron chi connectivity index (χ2n) is 4.71. The molecule has 0 aromatic rings. The molecular weight excluding hydrogens is 144 g/mol. The Hall–Kier alpha value is -0.260. The van der Waals surface area contributed by atoms with Gasteiger partial charge >= 0.3 is 0 Å². The summed E-state index contributed by atoms with van der Waals surface area (Å²) in [4.78, 5) is 0. The molecule has 0 bridgehead atoms. The maximum atomic E-state index is 2.48. The minimum absolute atomic E-state index is 0.890. The monoisotopic (exact) mass is 164 g/mol.